The maximum Gasteiger partial charge on any atom is 0.354 e. The first-order chi connectivity index (χ1) is 4.29. The van der Waals surface area contributed by atoms with Crippen LogP contribution in [0.5, 0.6) is 0 Å². The average molecular weight is 145 g/mol. The van der Waals surface area contributed by atoms with Gasteiger partial charge in [0.05, 0.1) is 5.41 Å². The van der Waals surface area contributed by atoms with Crippen molar-refractivity contribution in [1.29, 1.82) is 0 Å². The molecule has 2 unspecified atom stereocenters. The first kappa shape index (κ1) is 5.16. The Kier molecular flexibility index (Phi) is 0.825. The summed E-state index contributed by atoms with van der Waals surface area (Å²) in [7, 11) is -1.48. The minimum absolute atomic E-state index is 0.274. The molecule has 0 aliphatic carbocycles. The molecule has 1 N–H and O–H groups in total. The van der Waals surface area contributed by atoms with Crippen molar-refractivity contribution >= 4 is 11.0 Å². The molecule has 48 valence electrons. The van der Waals surface area contributed by atoms with Crippen LogP contribution in [0, 0.1) is 5.21 Å². The number of quaternary nitrogens is 1. The highest BCUT2D eigenvalue weighted by Crippen LogP contribution is 2.23. The van der Waals surface area contributed by atoms with E-state index in [-0.39, 0.29) is 5.88 Å². The van der Waals surface area contributed by atoms with E-state index in [1.165, 1.54) is 5.41 Å². The van der Waals surface area contributed by atoms with E-state index in [1.807, 2.05) is 0 Å². The largest absolute Gasteiger partial charge is 0.612 e. The Balaban J connectivity index is 2.36. The maximum absolute atomic E-state index is 10.6. The smallest absolute Gasteiger partial charge is 0.354 e. The van der Waals surface area contributed by atoms with Crippen molar-refractivity contribution in [1.82, 2.24) is 0 Å². The van der Waals surface area contributed by atoms with Gasteiger partial charge in [0, 0.05) is 6.08 Å². The molecule has 2 rings (SSSR count). The molecule has 2 atom stereocenters. The summed E-state index contributed by atoms with van der Waals surface area (Å²) >= 11 is 0. The van der Waals surface area contributed by atoms with Gasteiger partial charge in [0.1, 0.15) is 0 Å². The Morgan fingerprint density at radius 2 is 2.56 bits per heavy atom. The van der Waals surface area contributed by atoms with E-state index in [0.29, 0.717) is 5.76 Å². The SMILES string of the molecule is O=S1C=CC2=C(O2)[NH+]1[O-]. The van der Waals surface area contributed by atoms with Gasteiger partial charge in [-0.2, -0.15) is 4.21 Å². The molecule has 0 amide bonds. The molecule has 2 heterocycles. The summed E-state index contributed by atoms with van der Waals surface area (Å²) in [4.78, 5) is 0. The van der Waals surface area contributed by atoms with Crippen LogP contribution < -0.4 is 4.47 Å². The zero-order valence-electron chi connectivity index (χ0n) is 4.29. The van der Waals surface area contributed by atoms with E-state index in [4.69, 9.17) is 0 Å². The lowest BCUT2D eigenvalue weighted by atomic mass is 10.6. The maximum atomic E-state index is 10.6. The van der Waals surface area contributed by atoms with Crippen molar-refractivity contribution in [3.63, 3.8) is 0 Å². The second-order valence-corrected chi connectivity index (χ2v) is 2.92. The van der Waals surface area contributed by atoms with Crippen LogP contribution >= 0.6 is 0 Å². The third-order valence-corrected chi connectivity index (χ3v) is 2.04. The fourth-order valence-electron chi connectivity index (χ4n) is 0.613. The average Bonchev–Trinajstić information content (AvgIpc) is 2.58. The van der Waals surface area contributed by atoms with E-state index in [0.717, 1.165) is 0 Å². The lowest BCUT2D eigenvalue weighted by molar-refractivity contribution is -0.661. The second-order valence-electron chi connectivity index (χ2n) is 1.68. The number of ether oxygens (including phenoxy) is 1. The number of rotatable bonds is 0. The summed E-state index contributed by atoms with van der Waals surface area (Å²) in [5.74, 6) is 0.843. The van der Waals surface area contributed by atoms with Crippen LogP contribution in [0.25, 0.3) is 0 Å². The molecule has 5 heteroatoms. The Labute approximate surface area is 53.6 Å². The summed E-state index contributed by atoms with van der Waals surface area (Å²) in [5.41, 5.74) is 0. The molecule has 0 saturated carbocycles. The van der Waals surface area contributed by atoms with Crippen LogP contribution in [0.15, 0.2) is 23.1 Å². The van der Waals surface area contributed by atoms with Crippen molar-refractivity contribution in [2.45, 2.75) is 0 Å². The van der Waals surface area contributed by atoms with Crippen LogP contribution in [0.1, 0.15) is 0 Å². The number of hydroxylamine groups is 1. The molecular formula is C4H3NO3S. The van der Waals surface area contributed by atoms with Crippen molar-refractivity contribution < 1.29 is 13.4 Å². The van der Waals surface area contributed by atoms with Gasteiger partial charge in [0.25, 0.3) is 0 Å². The van der Waals surface area contributed by atoms with Crippen molar-refractivity contribution in [3.8, 4) is 0 Å². The topological polar surface area (TPSA) is 57.1 Å². The lowest BCUT2D eigenvalue weighted by Crippen LogP contribution is -3.03. The number of allylic oxidation sites excluding steroid dienone is 1. The molecule has 0 aromatic rings. The molecule has 2 aliphatic rings. The zero-order valence-corrected chi connectivity index (χ0v) is 5.10. The van der Waals surface area contributed by atoms with E-state index >= 15 is 0 Å². The van der Waals surface area contributed by atoms with Crippen LogP contribution in [-0.4, -0.2) is 4.21 Å². The minimum atomic E-state index is -1.48. The Bertz CT molecular complexity index is 244. The van der Waals surface area contributed by atoms with Gasteiger partial charge in [0.2, 0.25) is 16.7 Å². The summed E-state index contributed by atoms with van der Waals surface area (Å²) in [6, 6.07) is 0. The highest BCUT2D eigenvalue weighted by molar-refractivity contribution is 7.81. The molecule has 0 fully saturated rings. The van der Waals surface area contributed by atoms with Crippen molar-refractivity contribution in [2.75, 3.05) is 0 Å². The van der Waals surface area contributed by atoms with E-state index in [9.17, 15) is 9.42 Å². The first-order valence-electron chi connectivity index (χ1n) is 2.34. The Hall–Kier alpha value is -0.650. The van der Waals surface area contributed by atoms with Gasteiger partial charge in [-0.3, -0.25) is 0 Å². The van der Waals surface area contributed by atoms with Gasteiger partial charge in [-0.15, -0.1) is 0 Å². The van der Waals surface area contributed by atoms with Crippen LogP contribution in [0.4, 0.5) is 0 Å². The molecule has 0 radical (unpaired) electrons. The monoisotopic (exact) mass is 145 g/mol. The molecule has 0 spiro atoms. The first-order valence-corrected chi connectivity index (χ1v) is 3.55. The van der Waals surface area contributed by atoms with Gasteiger partial charge < -0.3 is 9.94 Å². The number of nitrogens with one attached hydrogen (secondary N) is 1. The summed E-state index contributed by atoms with van der Waals surface area (Å²) in [6.45, 7) is 0. The van der Waals surface area contributed by atoms with Crippen LogP contribution in [-0.2, 0) is 15.7 Å². The molecule has 0 aromatic heterocycles. The fraction of sp³-hybridized carbons (Fsp3) is 0. The van der Waals surface area contributed by atoms with Gasteiger partial charge in [-0.05, 0) is 0 Å². The van der Waals surface area contributed by atoms with E-state index in [1.54, 1.807) is 6.08 Å². The standard InChI is InChI=1S/C4H3NO3S/c6-5-4-3(8-4)1-2-9(5)7/h1-2,5H. The quantitative estimate of drug-likeness (QED) is 0.434. The predicted molar refractivity (Wildman–Crippen MR) is 29.7 cm³/mol. The highest BCUT2D eigenvalue weighted by Gasteiger charge is 2.37. The van der Waals surface area contributed by atoms with Crippen molar-refractivity contribution in [2.24, 2.45) is 0 Å². The minimum Gasteiger partial charge on any atom is -0.612 e. The fourth-order valence-corrected chi connectivity index (χ4v) is 1.31. The third-order valence-electron chi connectivity index (χ3n) is 1.11. The van der Waals surface area contributed by atoms with E-state index in [2.05, 4.69) is 4.74 Å². The van der Waals surface area contributed by atoms with Crippen LogP contribution in [0.3, 0.4) is 0 Å². The summed E-state index contributed by atoms with van der Waals surface area (Å²) in [5, 5.41) is 12.0. The van der Waals surface area contributed by atoms with Gasteiger partial charge >= 0.3 is 5.88 Å². The van der Waals surface area contributed by atoms with Crippen LogP contribution in [0.2, 0.25) is 0 Å². The van der Waals surface area contributed by atoms with Gasteiger partial charge in [0.15, 0.2) is 0 Å². The normalized spacial score (nSPS) is 37.9. The molecule has 9 heavy (non-hydrogen) atoms. The molecule has 0 bridgehead atoms. The molecule has 4 nitrogen and oxygen atoms in total. The lowest BCUT2D eigenvalue weighted by Gasteiger charge is -2.10. The molecule has 2 aliphatic heterocycles. The summed E-state index contributed by atoms with van der Waals surface area (Å²) in [6.07, 6.45) is 1.55. The van der Waals surface area contributed by atoms with Gasteiger partial charge in [-0.25, -0.2) is 4.47 Å². The molecule has 0 aromatic carbocycles. The van der Waals surface area contributed by atoms with E-state index < -0.39 is 15.5 Å². The highest BCUT2D eigenvalue weighted by atomic mass is 32.2. The third kappa shape index (κ3) is 0.625. The zero-order chi connectivity index (χ0) is 6.43. The molecule has 0 saturated heterocycles. The molecular weight excluding hydrogens is 142 g/mol. The number of hydrogen-bond donors (Lipinski definition) is 1. The summed E-state index contributed by atoms with van der Waals surface area (Å²) < 4.78 is 14.8. The van der Waals surface area contributed by atoms with Crippen molar-refractivity contribution in [3.05, 3.63) is 28.3 Å². The Morgan fingerprint density at radius 1 is 1.78 bits per heavy atom. The number of hydrogen-bond acceptors (Lipinski definition) is 3. The second kappa shape index (κ2) is 1.44. The Morgan fingerprint density at radius 3 is 3.22 bits per heavy atom. The predicted octanol–water partition coefficient (Wildman–Crippen LogP) is -1.24. The van der Waals surface area contributed by atoms with Gasteiger partial charge in [-0.1, -0.05) is 0 Å².